The summed E-state index contributed by atoms with van der Waals surface area (Å²) in [6.45, 7) is 0. The van der Waals surface area contributed by atoms with Gasteiger partial charge in [0.05, 0.1) is 12.7 Å². The molecular weight excluding hydrogens is 322 g/mol. The van der Waals surface area contributed by atoms with Gasteiger partial charge in [-0.15, -0.1) is 0 Å². The monoisotopic (exact) mass is 339 g/mol. The van der Waals surface area contributed by atoms with Gasteiger partial charge in [-0.2, -0.15) is 0 Å². The number of anilines is 1. The predicted octanol–water partition coefficient (Wildman–Crippen LogP) is 2.40. The van der Waals surface area contributed by atoms with Crippen LogP contribution in [-0.2, 0) is 9.53 Å². The summed E-state index contributed by atoms with van der Waals surface area (Å²) in [4.78, 5) is 23.1. The third-order valence-electron chi connectivity index (χ3n) is 3.10. The van der Waals surface area contributed by atoms with Gasteiger partial charge in [-0.05, 0) is 48.0 Å². The predicted molar refractivity (Wildman–Crippen MR) is 94.4 cm³/mol. The van der Waals surface area contributed by atoms with Crippen LogP contribution < -0.4 is 15.8 Å². The Hall–Kier alpha value is -3.61. The topological polar surface area (TPSA) is 114 Å². The number of methoxy groups -OCH3 is 1. The van der Waals surface area contributed by atoms with Gasteiger partial charge in [0.15, 0.2) is 5.96 Å². The van der Waals surface area contributed by atoms with Crippen molar-refractivity contribution in [1.82, 2.24) is 0 Å². The lowest BCUT2D eigenvalue weighted by molar-refractivity contribution is -0.134. The van der Waals surface area contributed by atoms with Crippen molar-refractivity contribution in [2.75, 3.05) is 12.4 Å². The van der Waals surface area contributed by atoms with E-state index in [1.54, 1.807) is 54.6 Å². The van der Waals surface area contributed by atoms with Crippen LogP contribution in [0.15, 0.2) is 54.6 Å². The summed E-state index contributed by atoms with van der Waals surface area (Å²) in [7, 11) is 1.30. The molecule has 0 bridgehead atoms. The minimum Gasteiger partial charge on any atom is -0.466 e. The van der Waals surface area contributed by atoms with Crippen LogP contribution in [0.25, 0.3) is 6.08 Å². The second-order valence-corrected chi connectivity index (χ2v) is 4.93. The first kappa shape index (κ1) is 17.7. The molecular formula is C18H17N3O4. The molecule has 0 aromatic heterocycles. The van der Waals surface area contributed by atoms with Gasteiger partial charge in [0.1, 0.15) is 5.75 Å². The highest BCUT2D eigenvalue weighted by molar-refractivity contribution is 5.93. The molecule has 2 aromatic carbocycles. The van der Waals surface area contributed by atoms with E-state index in [4.69, 9.17) is 15.9 Å². The minimum absolute atomic E-state index is 0.184. The second-order valence-electron chi connectivity index (χ2n) is 4.93. The molecule has 7 nitrogen and oxygen atoms in total. The highest BCUT2D eigenvalue weighted by atomic mass is 16.5. The van der Waals surface area contributed by atoms with E-state index in [2.05, 4.69) is 10.1 Å². The zero-order chi connectivity index (χ0) is 18.2. The summed E-state index contributed by atoms with van der Waals surface area (Å²) >= 11 is 0. The van der Waals surface area contributed by atoms with Crippen LogP contribution in [0.5, 0.6) is 5.75 Å². The lowest BCUT2D eigenvalue weighted by Gasteiger charge is -2.06. The molecule has 0 saturated carbocycles. The Balaban J connectivity index is 1.99. The molecule has 0 atom stereocenters. The fourth-order valence-corrected chi connectivity index (χ4v) is 1.89. The molecule has 0 saturated heterocycles. The molecule has 4 N–H and O–H groups in total. The average Bonchev–Trinajstić information content (AvgIpc) is 2.61. The number of guanidine groups is 1. The van der Waals surface area contributed by atoms with Crippen molar-refractivity contribution in [3.8, 4) is 5.75 Å². The summed E-state index contributed by atoms with van der Waals surface area (Å²) in [6, 6.07) is 13.1. The molecule has 0 spiro atoms. The Morgan fingerprint density at radius 2 is 1.72 bits per heavy atom. The van der Waals surface area contributed by atoms with Crippen LogP contribution in [0.3, 0.4) is 0 Å². The maximum absolute atomic E-state index is 12.1. The van der Waals surface area contributed by atoms with Crippen LogP contribution in [0.4, 0.5) is 5.69 Å². The smallest absolute Gasteiger partial charge is 0.343 e. The standard InChI is InChI=1S/C18H17N3O4/c1-24-16(22)11-4-12-2-9-15(10-3-12)25-17(23)13-5-7-14(8-6-13)21-18(19)20/h2-11H,1H3,(H4,19,20,21). The van der Waals surface area contributed by atoms with E-state index in [0.717, 1.165) is 5.56 Å². The Morgan fingerprint density at radius 1 is 1.08 bits per heavy atom. The van der Waals surface area contributed by atoms with E-state index in [1.807, 2.05) is 0 Å². The summed E-state index contributed by atoms with van der Waals surface area (Å²) in [5.74, 6) is -0.756. The average molecular weight is 339 g/mol. The molecule has 0 radical (unpaired) electrons. The second kappa shape index (κ2) is 8.30. The van der Waals surface area contributed by atoms with Crippen molar-refractivity contribution >= 4 is 29.7 Å². The molecule has 0 unspecified atom stereocenters. The molecule has 128 valence electrons. The molecule has 0 aliphatic heterocycles. The lowest BCUT2D eigenvalue weighted by Crippen LogP contribution is -2.20. The van der Waals surface area contributed by atoms with Gasteiger partial charge in [-0.1, -0.05) is 12.1 Å². The number of esters is 2. The first-order valence-corrected chi connectivity index (χ1v) is 7.27. The third kappa shape index (κ3) is 5.51. The van der Waals surface area contributed by atoms with E-state index >= 15 is 0 Å². The molecule has 25 heavy (non-hydrogen) atoms. The first-order chi connectivity index (χ1) is 12.0. The van der Waals surface area contributed by atoms with Crippen molar-refractivity contribution in [2.45, 2.75) is 0 Å². The Kier molecular flexibility index (Phi) is 5.89. The Labute approximate surface area is 144 Å². The summed E-state index contributed by atoms with van der Waals surface area (Å²) in [6.07, 6.45) is 2.90. The number of rotatable bonds is 5. The Morgan fingerprint density at radius 3 is 2.28 bits per heavy atom. The number of nitrogens with two attached hydrogens (primary N) is 1. The van der Waals surface area contributed by atoms with Gasteiger partial charge in [0.25, 0.3) is 0 Å². The SMILES string of the molecule is COC(=O)C=Cc1ccc(OC(=O)c2ccc(NC(=N)N)cc2)cc1. The summed E-state index contributed by atoms with van der Waals surface area (Å²) in [5, 5.41) is 9.77. The van der Waals surface area contributed by atoms with Gasteiger partial charge >= 0.3 is 11.9 Å². The molecule has 2 aromatic rings. The van der Waals surface area contributed by atoms with E-state index in [-0.39, 0.29) is 5.96 Å². The largest absolute Gasteiger partial charge is 0.466 e. The molecule has 0 fully saturated rings. The fraction of sp³-hybridized carbons (Fsp3) is 0.0556. The number of carbonyl (C=O) groups excluding carboxylic acids is 2. The van der Waals surface area contributed by atoms with Crippen molar-refractivity contribution in [2.24, 2.45) is 5.73 Å². The number of nitrogens with one attached hydrogen (secondary N) is 2. The zero-order valence-corrected chi connectivity index (χ0v) is 13.5. The molecule has 2 rings (SSSR count). The third-order valence-corrected chi connectivity index (χ3v) is 3.10. The number of hydrogen-bond donors (Lipinski definition) is 3. The number of hydrogen-bond acceptors (Lipinski definition) is 5. The van der Waals surface area contributed by atoms with Gasteiger partial charge in [-0.25, -0.2) is 9.59 Å². The summed E-state index contributed by atoms with van der Waals surface area (Å²) < 4.78 is 9.79. The molecule has 7 heteroatoms. The van der Waals surface area contributed by atoms with E-state index < -0.39 is 11.9 Å². The van der Waals surface area contributed by atoms with Crippen LogP contribution in [0.1, 0.15) is 15.9 Å². The van der Waals surface area contributed by atoms with Crippen molar-refractivity contribution in [3.63, 3.8) is 0 Å². The highest BCUT2D eigenvalue weighted by Gasteiger charge is 2.08. The Bertz CT molecular complexity index is 796. The van der Waals surface area contributed by atoms with Crippen molar-refractivity contribution in [1.29, 1.82) is 5.41 Å². The van der Waals surface area contributed by atoms with Gasteiger partial charge in [0, 0.05) is 11.8 Å². The van der Waals surface area contributed by atoms with Crippen LogP contribution in [0.2, 0.25) is 0 Å². The van der Waals surface area contributed by atoms with Crippen LogP contribution >= 0.6 is 0 Å². The normalized spacial score (nSPS) is 10.3. The quantitative estimate of drug-likeness (QED) is 0.253. The van der Waals surface area contributed by atoms with E-state index in [1.165, 1.54) is 13.2 Å². The highest BCUT2D eigenvalue weighted by Crippen LogP contribution is 2.16. The molecule has 0 amide bonds. The number of benzene rings is 2. The van der Waals surface area contributed by atoms with E-state index in [0.29, 0.717) is 17.0 Å². The molecule has 0 aliphatic carbocycles. The maximum atomic E-state index is 12.1. The van der Waals surface area contributed by atoms with Crippen LogP contribution in [0, 0.1) is 5.41 Å². The van der Waals surface area contributed by atoms with Gasteiger partial charge in [0.2, 0.25) is 0 Å². The van der Waals surface area contributed by atoms with Gasteiger partial charge < -0.3 is 20.5 Å². The van der Waals surface area contributed by atoms with E-state index in [9.17, 15) is 9.59 Å². The minimum atomic E-state index is -0.507. The first-order valence-electron chi connectivity index (χ1n) is 7.27. The van der Waals surface area contributed by atoms with Crippen molar-refractivity contribution in [3.05, 3.63) is 65.7 Å². The summed E-state index contributed by atoms with van der Waals surface area (Å²) in [5.41, 5.74) is 6.97. The van der Waals surface area contributed by atoms with Crippen LogP contribution in [-0.4, -0.2) is 25.0 Å². The fourth-order valence-electron chi connectivity index (χ4n) is 1.89. The maximum Gasteiger partial charge on any atom is 0.343 e. The molecule has 0 aliphatic rings. The van der Waals surface area contributed by atoms with Crippen molar-refractivity contribution < 1.29 is 19.1 Å². The number of ether oxygens (including phenoxy) is 2. The zero-order valence-electron chi connectivity index (χ0n) is 13.5. The number of carbonyl (C=O) groups is 2. The molecule has 0 heterocycles. The lowest BCUT2D eigenvalue weighted by atomic mass is 10.2. The van der Waals surface area contributed by atoms with Gasteiger partial charge in [-0.3, -0.25) is 5.41 Å².